The van der Waals surface area contributed by atoms with Crippen LogP contribution in [0.4, 0.5) is 5.69 Å². The average Bonchev–Trinajstić information content (AvgIpc) is 2.74. The molecule has 16 heavy (non-hydrogen) atoms. The van der Waals surface area contributed by atoms with E-state index in [2.05, 4.69) is 4.98 Å². The van der Waals surface area contributed by atoms with Crippen LogP contribution in [0.1, 0.15) is 0 Å². The number of nitro benzene ring substituents is 1. The maximum absolute atomic E-state index is 10.9. The number of aromatic nitrogens is 2. The van der Waals surface area contributed by atoms with E-state index in [0.29, 0.717) is 5.69 Å². The van der Waals surface area contributed by atoms with Crippen LogP contribution < -0.4 is 0 Å². The molecule has 5 nitrogen and oxygen atoms in total. The highest BCUT2D eigenvalue weighted by Gasteiger charge is 2.17. The summed E-state index contributed by atoms with van der Waals surface area (Å²) >= 11 is 11.5. The molecule has 82 valence electrons. The minimum Gasteiger partial charge on any atom is -0.300 e. The van der Waals surface area contributed by atoms with Gasteiger partial charge in [0.25, 0.3) is 5.69 Å². The Hall–Kier alpha value is -1.59. The zero-order valence-corrected chi connectivity index (χ0v) is 9.31. The highest BCUT2D eigenvalue weighted by molar-refractivity contribution is 6.42. The SMILES string of the molecule is O=[N+]([O-])c1cc(Cl)c(Cl)cc1-n1ccnc1. The van der Waals surface area contributed by atoms with Gasteiger partial charge in [-0.15, -0.1) is 0 Å². The Balaban J connectivity index is 2.68. The summed E-state index contributed by atoms with van der Waals surface area (Å²) in [6, 6.07) is 2.66. The zero-order valence-electron chi connectivity index (χ0n) is 7.80. The summed E-state index contributed by atoms with van der Waals surface area (Å²) in [7, 11) is 0. The molecule has 0 aliphatic carbocycles. The molecule has 0 N–H and O–H groups in total. The Labute approximate surface area is 100 Å². The first-order valence-corrected chi connectivity index (χ1v) is 4.97. The third-order valence-electron chi connectivity index (χ3n) is 2.00. The molecule has 0 saturated heterocycles. The second-order valence-electron chi connectivity index (χ2n) is 2.98. The predicted molar refractivity (Wildman–Crippen MR) is 60.2 cm³/mol. The number of nitrogens with zero attached hydrogens (tertiary/aromatic N) is 3. The molecular weight excluding hydrogens is 253 g/mol. The Morgan fingerprint density at radius 2 is 2.00 bits per heavy atom. The van der Waals surface area contributed by atoms with E-state index in [0.717, 1.165) is 0 Å². The van der Waals surface area contributed by atoms with Crippen molar-refractivity contribution in [1.82, 2.24) is 9.55 Å². The lowest BCUT2D eigenvalue weighted by atomic mass is 10.2. The largest absolute Gasteiger partial charge is 0.300 e. The van der Waals surface area contributed by atoms with E-state index in [1.54, 1.807) is 6.20 Å². The van der Waals surface area contributed by atoms with Crippen LogP contribution in [0.25, 0.3) is 5.69 Å². The Morgan fingerprint density at radius 3 is 2.56 bits per heavy atom. The van der Waals surface area contributed by atoms with E-state index in [1.807, 2.05) is 0 Å². The molecule has 0 saturated carbocycles. The van der Waals surface area contributed by atoms with Crippen LogP contribution in [0.3, 0.4) is 0 Å². The minimum atomic E-state index is -0.516. The van der Waals surface area contributed by atoms with Gasteiger partial charge in [-0.25, -0.2) is 4.98 Å². The molecule has 0 bridgehead atoms. The maximum Gasteiger partial charge on any atom is 0.294 e. The molecule has 0 unspecified atom stereocenters. The van der Waals surface area contributed by atoms with E-state index >= 15 is 0 Å². The average molecular weight is 258 g/mol. The van der Waals surface area contributed by atoms with Gasteiger partial charge in [0.05, 0.1) is 21.3 Å². The summed E-state index contributed by atoms with van der Waals surface area (Å²) in [6.07, 6.45) is 4.56. The molecule has 7 heteroatoms. The van der Waals surface area contributed by atoms with Crippen LogP contribution in [0.5, 0.6) is 0 Å². The quantitative estimate of drug-likeness (QED) is 0.614. The van der Waals surface area contributed by atoms with E-state index < -0.39 is 4.92 Å². The minimum absolute atomic E-state index is 0.118. The van der Waals surface area contributed by atoms with Gasteiger partial charge >= 0.3 is 0 Å². The number of halogens is 2. The highest BCUT2D eigenvalue weighted by atomic mass is 35.5. The molecule has 1 aromatic heterocycles. The van der Waals surface area contributed by atoms with Crippen molar-refractivity contribution in [2.75, 3.05) is 0 Å². The lowest BCUT2D eigenvalue weighted by Gasteiger charge is -2.05. The summed E-state index contributed by atoms with van der Waals surface area (Å²) in [6.45, 7) is 0. The Bertz CT molecular complexity index is 540. The fourth-order valence-corrected chi connectivity index (χ4v) is 1.60. The molecule has 0 radical (unpaired) electrons. The van der Waals surface area contributed by atoms with Crippen LogP contribution in [0.15, 0.2) is 30.9 Å². The van der Waals surface area contributed by atoms with Crippen molar-refractivity contribution in [1.29, 1.82) is 0 Å². The third kappa shape index (κ3) is 1.87. The van der Waals surface area contributed by atoms with E-state index in [9.17, 15) is 10.1 Å². The van der Waals surface area contributed by atoms with Gasteiger partial charge in [0, 0.05) is 18.5 Å². The van der Waals surface area contributed by atoms with E-state index in [1.165, 1.54) is 29.2 Å². The van der Waals surface area contributed by atoms with Crippen molar-refractivity contribution in [3.05, 3.63) is 51.0 Å². The van der Waals surface area contributed by atoms with Gasteiger partial charge in [0.2, 0.25) is 0 Å². The lowest BCUT2D eigenvalue weighted by Crippen LogP contribution is -1.98. The molecule has 2 aromatic rings. The first-order chi connectivity index (χ1) is 7.59. The number of hydrogen-bond acceptors (Lipinski definition) is 3. The van der Waals surface area contributed by atoms with Crippen LogP contribution in [0, 0.1) is 10.1 Å². The fraction of sp³-hybridized carbons (Fsp3) is 0. The van der Waals surface area contributed by atoms with Crippen molar-refractivity contribution < 1.29 is 4.92 Å². The van der Waals surface area contributed by atoms with Crippen molar-refractivity contribution >= 4 is 28.9 Å². The number of hydrogen-bond donors (Lipinski definition) is 0. The third-order valence-corrected chi connectivity index (χ3v) is 2.72. The van der Waals surface area contributed by atoms with Crippen LogP contribution in [-0.2, 0) is 0 Å². The maximum atomic E-state index is 10.9. The van der Waals surface area contributed by atoms with Crippen LogP contribution in [0.2, 0.25) is 10.0 Å². The number of nitro groups is 1. The van der Waals surface area contributed by atoms with Gasteiger partial charge in [-0.2, -0.15) is 0 Å². The summed E-state index contributed by atoms with van der Waals surface area (Å²) in [5.74, 6) is 0. The summed E-state index contributed by atoms with van der Waals surface area (Å²) in [5.41, 5.74) is 0.212. The zero-order chi connectivity index (χ0) is 11.7. The van der Waals surface area contributed by atoms with Crippen molar-refractivity contribution in [2.45, 2.75) is 0 Å². The van der Waals surface area contributed by atoms with Crippen molar-refractivity contribution in [3.8, 4) is 5.69 Å². The molecular formula is C9H5Cl2N3O2. The molecule has 0 amide bonds. The highest BCUT2D eigenvalue weighted by Crippen LogP contribution is 2.32. The number of rotatable bonds is 2. The summed E-state index contributed by atoms with van der Waals surface area (Å²) in [5, 5.41) is 11.3. The second kappa shape index (κ2) is 4.11. The van der Waals surface area contributed by atoms with Gasteiger partial charge in [0.1, 0.15) is 5.69 Å². The van der Waals surface area contributed by atoms with Gasteiger partial charge in [-0.05, 0) is 6.07 Å². The molecule has 2 rings (SSSR count). The van der Waals surface area contributed by atoms with E-state index in [-0.39, 0.29) is 15.7 Å². The Kier molecular flexibility index (Phi) is 2.80. The Morgan fingerprint density at radius 1 is 1.31 bits per heavy atom. The first-order valence-electron chi connectivity index (χ1n) is 4.21. The lowest BCUT2D eigenvalue weighted by molar-refractivity contribution is -0.384. The molecule has 1 heterocycles. The molecule has 1 aromatic carbocycles. The smallest absolute Gasteiger partial charge is 0.294 e. The standard InChI is InChI=1S/C9H5Cl2N3O2/c10-6-3-8(13-2-1-12-5-13)9(14(15)16)4-7(6)11/h1-5H. The topological polar surface area (TPSA) is 61.0 Å². The first kappa shape index (κ1) is 10.9. The van der Waals surface area contributed by atoms with Crippen molar-refractivity contribution in [3.63, 3.8) is 0 Å². The van der Waals surface area contributed by atoms with Gasteiger partial charge in [0.15, 0.2) is 0 Å². The fourth-order valence-electron chi connectivity index (χ4n) is 1.28. The molecule has 0 atom stereocenters. The summed E-state index contributed by atoms with van der Waals surface area (Å²) < 4.78 is 1.50. The second-order valence-corrected chi connectivity index (χ2v) is 3.80. The van der Waals surface area contributed by atoms with E-state index in [4.69, 9.17) is 23.2 Å². The summed E-state index contributed by atoms with van der Waals surface area (Å²) in [4.78, 5) is 14.1. The number of imidazole rings is 1. The molecule has 0 fully saturated rings. The monoisotopic (exact) mass is 257 g/mol. The normalized spacial score (nSPS) is 10.4. The molecule has 0 aliphatic rings. The molecule has 0 aliphatic heterocycles. The van der Waals surface area contributed by atoms with Gasteiger partial charge in [-0.1, -0.05) is 23.2 Å². The van der Waals surface area contributed by atoms with Gasteiger partial charge < -0.3 is 4.57 Å². The predicted octanol–water partition coefficient (Wildman–Crippen LogP) is 3.09. The van der Waals surface area contributed by atoms with Crippen LogP contribution in [-0.4, -0.2) is 14.5 Å². The van der Waals surface area contributed by atoms with Gasteiger partial charge in [-0.3, -0.25) is 10.1 Å². The van der Waals surface area contributed by atoms with Crippen molar-refractivity contribution in [2.24, 2.45) is 0 Å². The van der Waals surface area contributed by atoms with Crippen LogP contribution >= 0.6 is 23.2 Å². The molecule has 0 spiro atoms. The number of benzene rings is 1.